The Morgan fingerprint density at radius 1 is 1.44 bits per heavy atom. The summed E-state index contributed by atoms with van der Waals surface area (Å²) in [7, 11) is 0. The van der Waals surface area contributed by atoms with E-state index in [2.05, 4.69) is 5.32 Å². The highest BCUT2D eigenvalue weighted by molar-refractivity contribution is 5.81. The molecule has 0 aromatic heterocycles. The first-order valence-corrected chi connectivity index (χ1v) is 4.88. The van der Waals surface area contributed by atoms with Crippen LogP contribution in [0.5, 0.6) is 5.75 Å². The lowest BCUT2D eigenvalue weighted by molar-refractivity contribution is -0.122. The van der Waals surface area contributed by atoms with Crippen molar-refractivity contribution in [3.05, 3.63) is 29.8 Å². The molecule has 0 saturated heterocycles. The first kappa shape index (κ1) is 12.2. The summed E-state index contributed by atoms with van der Waals surface area (Å²) < 4.78 is 0. The smallest absolute Gasteiger partial charge is 0.234 e. The van der Waals surface area contributed by atoms with Crippen molar-refractivity contribution >= 4 is 12.2 Å². The lowest BCUT2D eigenvalue weighted by Gasteiger charge is -2.11. The van der Waals surface area contributed by atoms with Crippen molar-refractivity contribution in [3.8, 4) is 5.75 Å². The Hall–Kier alpha value is -1.88. The van der Waals surface area contributed by atoms with Crippen molar-refractivity contribution in [2.45, 2.75) is 12.5 Å². The highest BCUT2D eigenvalue weighted by Crippen LogP contribution is 2.10. The largest absolute Gasteiger partial charge is 0.508 e. The molecule has 1 aromatic carbocycles. The van der Waals surface area contributed by atoms with Crippen molar-refractivity contribution in [1.82, 2.24) is 5.32 Å². The molecule has 1 atom stereocenters. The van der Waals surface area contributed by atoms with Gasteiger partial charge in [-0.2, -0.15) is 0 Å². The number of phenols is 1. The van der Waals surface area contributed by atoms with E-state index in [1.807, 2.05) is 0 Å². The third kappa shape index (κ3) is 3.70. The van der Waals surface area contributed by atoms with Gasteiger partial charge >= 0.3 is 0 Å². The number of nitrogens with one attached hydrogen (secondary N) is 1. The second-order valence-electron chi connectivity index (χ2n) is 3.38. The van der Waals surface area contributed by atoms with E-state index in [-0.39, 0.29) is 18.2 Å². The van der Waals surface area contributed by atoms with Gasteiger partial charge in [-0.05, 0) is 24.1 Å². The number of aldehydes is 1. The molecule has 16 heavy (non-hydrogen) atoms. The predicted molar refractivity (Wildman–Crippen MR) is 58.9 cm³/mol. The average Bonchev–Trinajstić information content (AvgIpc) is 2.30. The van der Waals surface area contributed by atoms with Gasteiger partial charge in [0.1, 0.15) is 12.0 Å². The number of carbonyl (C=O) groups is 2. The summed E-state index contributed by atoms with van der Waals surface area (Å²) in [4.78, 5) is 21.7. The molecular formula is C11H14N2O3. The fourth-order valence-corrected chi connectivity index (χ4v) is 1.28. The zero-order chi connectivity index (χ0) is 12.0. The fourth-order valence-electron chi connectivity index (χ4n) is 1.28. The summed E-state index contributed by atoms with van der Waals surface area (Å²) in [6.45, 7) is -0.139. The van der Waals surface area contributed by atoms with E-state index >= 15 is 0 Å². The molecular weight excluding hydrogens is 208 g/mol. The predicted octanol–water partition coefficient (Wildman–Crippen LogP) is -0.423. The first-order chi connectivity index (χ1) is 7.65. The Morgan fingerprint density at radius 2 is 2.06 bits per heavy atom. The zero-order valence-corrected chi connectivity index (χ0v) is 8.72. The topological polar surface area (TPSA) is 92.4 Å². The number of hydrogen-bond donors (Lipinski definition) is 3. The van der Waals surface area contributed by atoms with Crippen LogP contribution >= 0.6 is 0 Å². The standard InChI is InChI=1S/C11H14N2O3/c12-6-11(16)13-9(7-14)5-8-1-3-10(15)4-2-8/h1-4,7,9,15H,5-6,12H2,(H,13,16)/t9-/m0/s1. The van der Waals surface area contributed by atoms with E-state index in [0.29, 0.717) is 12.7 Å². The lowest BCUT2D eigenvalue weighted by Crippen LogP contribution is -2.40. The number of hydrogen-bond acceptors (Lipinski definition) is 4. The number of rotatable bonds is 5. The molecule has 4 N–H and O–H groups in total. The molecule has 0 aliphatic carbocycles. The molecule has 86 valence electrons. The van der Waals surface area contributed by atoms with Gasteiger partial charge in [-0.1, -0.05) is 12.1 Å². The van der Waals surface area contributed by atoms with Crippen LogP contribution in [0.3, 0.4) is 0 Å². The third-order valence-electron chi connectivity index (χ3n) is 2.09. The van der Waals surface area contributed by atoms with E-state index in [0.717, 1.165) is 5.56 Å². The van der Waals surface area contributed by atoms with Crippen LogP contribution in [0.4, 0.5) is 0 Å². The molecule has 1 aromatic rings. The van der Waals surface area contributed by atoms with Gasteiger partial charge in [0.2, 0.25) is 5.91 Å². The second kappa shape index (κ2) is 5.87. The summed E-state index contributed by atoms with van der Waals surface area (Å²) in [6.07, 6.45) is 1.05. The molecule has 0 aliphatic rings. The molecule has 0 saturated carbocycles. The molecule has 5 nitrogen and oxygen atoms in total. The molecule has 0 aliphatic heterocycles. The van der Waals surface area contributed by atoms with Crippen LogP contribution in [0.15, 0.2) is 24.3 Å². The Morgan fingerprint density at radius 3 is 2.56 bits per heavy atom. The number of amides is 1. The van der Waals surface area contributed by atoms with Gasteiger partial charge in [-0.25, -0.2) is 0 Å². The minimum absolute atomic E-state index is 0.139. The molecule has 1 amide bonds. The van der Waals surface area contributed by atoms with Crippen LogP contribution in [0.1, 0.15) is 5.56 Å². The van der Waals surface area contributed by atoms with Crippen molar-refractivity contribution in [1.29, 1.82) is 0 Å². The van der Waals surface area contributed by atoms with E-state index in [1.165, 1.54) is 12.1 Å². The van der Waals surface area contributed by atoms with Gasteiger partial charge in [0.05, 0.1) is 12.6 Å². The van der Waals surface area contributed by atoms with Crippen molar-refractivity contribution in [3.63, 3.8) is 0 Å². The van der Waals surface area contributed by atoms with Gasteiger partial charge in [0.25, 0.3) is 0 Å². The monoisotopic (exact) mass is 222 g/mol. The van der Waals surface area contributed by atoms with E-state index in [1.54, 1.807) is 12.1 Å². The number of nitrogens with two attached hydrogens (primary N) is 1. The quantitative estimate of drug-likeness (QED) is 0.590. The Balaban J connectivity index is 2.59. The maximum atomic E-state index is 11.0. The van der Waals surface area contributed by atoms with Crippen molar-refractivity contribution in [2.24, 2.45) is 5.73 Å². The molecule has 0 fully saturated rings. The normalized spacial score (nSPS) is 11.8. The minimum atomic E-state index is -0.583. The van der Waals surface area contributed by atoms with Crippen LogP contribution in [0.2, 0.25) is 0 Å². The number of phenolic OH excluding ortho intramolecular Hbond substituents is 1. The summed E-state index contributed by atoms with van der Waals surface area (Å²) >= 11 is 0. The summed E-state index contributed by atoms with van der Waals surface area (Å²) in [6, 6.07) is 5.87. The molecule has 1 rings (SSSR count). The van der Waals surface area contributed by atoms with Crippen LogP contribution in [-0.2, 0) is 16.0 Å². The Kier molecular flexibility index (Phi) is 4.47. The molecule has 0 radical (unpaired) electrons. The highest BCUT2D eigenvalue weighted by atomic mass is 16.3. The van der Waals surface area contributed by atoms with E-state index in [4.69, 9.17) is 10.8 Å². The van der Waals surface area contributed by atoms with Gasteiger partial charge in [-0.3, -0.25) is 4.79 Å². The van der Waals surface area contributed by atoms with Gasteiger partial charge in [-0.15, -0.1) is 0 Å². The number of aromatic hydroxyl groups is 1. The molecule has 0 heterocycles. The molecule has 0 unspecified atom stereocenters. The van der Waals surface area contributed by atoms with Crippen molar-refractivity contribution < 1.29 is 14.7 Å². The van der Waals surface area contributed by atoms with E-state index < -0.39 is 6.04 Å². The summed E-state index contributed by atoms with van der Waals surface area (Å²) in [5.41, 5.74) is 5.98. The fraction of sp³-hybridized carbons (Fsp3) is 0.273. The SMILES string of the molecule is NCC(=O)N[C@H](C=O)Cc1ccc(O)cc1. The Labute approximate surface area is 93.3 Å². The summed E-state index contributed by atoms with van der Waals surface area (Å²) in [5, 5.41) is 11.6. The average molecular weight is 222 g/mol. The maximum Gasteiger partial charge on any atom is 0.234 e. The minimum Gasteiger partial charge on any atom is -0.508 e. The van der Waals surface area contributed by atoms with Crippen LogP contribution in [0.25, 0.3) is 0 Å². The third-order valence-corrected chi connectivity index (χ3v) is 2.09. The maximum absolute atomic E-state index is 11.0. The number of benzene rings is 1. The van der Waals surface area contributed by atoms with Gasteiger partial charge < -0.3 is 21.0 Å². The lowest BCUT2D eigenvalue weighted by atomic mass is 10.1. The molecule has 5 heteroatoms. The van der Waals surface area contributed by atoms with Crippen LogP contribution < -0.4 is 11.1 Å². The zero-order valence-electron chi connectivity index (χ0n) is 8.72. The van der Waals surface area contributed by atoms with Crippen LogP contribution in [-0.4, -0.2) is 29.9 Å². The van der Waals surface area contributed by atoms with Gasteiger partial charge in [0, 0.05) is 0 Å². The first-order valence-electron chi connectivity index (χ1n) is 4.88. The highest BCUT2D eigenvalue weighted by Gasteiger charge is 2.10. The van der Waals surface area contributed by atoms with Gasteiger partial charge in [0.15, 0.2) is 0 Å². The summed E-state index contributed by atoms with van der Waals surface area (Å²) in [5.74, 6) is -0.201. The van der Waals surface area contributed by atoms with Crippen LogP contribution in [0, 0.1) is 0 Å². The van der Waals surface area contributed by atoms with E-state index in [9.17, 15) is 9.59 Å². The van der Waals surface area contributed by atoms with Crippen molar-refractivity contribution in [2.75, 3.05) is 6.54 Å². The second-order valence-corrected chi connectivity index (χ2v) is 3.38. The number of carbonyl (C=O) groups excluding carboxylic acids is 2. The molecule has 0 bridgehead atoms. The molecule has 0 spiro atoms. The Bertz CT molecular complexity index is 362.